The minimum atomic E-state index is -3.66. The van der Waals surface area contributed by atoms with E-state index in [0.717, 1.165) is 5.57 Å². The lowest BCUT2D eigenvalue weighted by Gasteiger charge is -2.26. The lowest BCUT2D eigenvalue weighted by atomic mass is 10.0. The van der Waals surface area contributed by atoms with Crippen LogP contribution in [0.5, 0.6) is 5.75 Å². The predicted octanol–water partition coefficient (Wildman–Crippen LogP) is 1.73. The fraction of sp³-hybridized carbons (Fsp3) is 0.211. The first-order chi connectivity index (χ1) is 14.2. The van der Waals surface area contributed by atoms with E-state index in [4.69, 9.17) is 16.7 Å². The van der Waals surface area contributed by atoms with Crippen molar-refractivity contribution >= 4 is 39.1 Å². The molecule has 1 aromatic carbocycles. The molecule has 30 heavy (non-hydrogen) atoms. The second-order valence-electron chi connectivity index (χ2n) is 6.46. The Labute approximate surface area is 177 Å². The van der Waals surface area contributed by atoms with Crippen molar-refractivity contribution < 1.29 is 28.2 Å². The summed E-state index contributed by atoms with van der Waals surface area (Å²) in [7, 11) is -3.66. The zero-order chi connectivity index (χ0) is 21.9. The van der Waals surface area contributed by atoms with E-state index in [1.807, 2.05) is 0 Å². The van der Waals surface area contributed by atoms with Crippen LogP contribution in [0.1, 0.15) is 22.5 Å². The number of aliphatic carboxylic acids is 1. The summed E-state index contributed by atoms with van der Waals surface area (Å²) in [5, 5.41) is 21.3. The number of nitrogens with one attached hydrogen (secondary N) is 1. The van der Waals surface area contributed by atoms with Crippen molar-refractivity contribution in [2.24, 2.45) is 0 Å². The van der Waals surface area contributed by atoms with Gasteiger partial charge < -0.3 is 15.5 Å². The molecule has 0 unspecified atom stereocenters. The van der Waals surface area contributed by atoms with Gasteiger partial charge in [-0.3, -0.25) is 9.59 Å². The van der Waals surface area contributed by atoms with E-state index < -0.39 is 34.2 Å². The molecule has 1 aliphatic heterocycles. The third-order valence-electron chi connectivity index (χ3n) is 4.48. The third kappa shape index (κ3) is 4.78. The van der Waals surface area contributed by atoms with Gasteiger partial charge in [0.2, 0.25) is 10.0 Å². The van der Waals surface area contributed by atoms with E-state index in [9.17, 15) is 23.1 Å². The molecule has 0 atom stereocenters. The van der Waals surface area contributed by atoms with Crippen LogP contribution in [0.25, 0.3) is 5.57 Å². The Balaban J connectivity index is 1.73. The van der Waals surface area contributed by atoms with E-state index in [1.165, 1.54) is 40.8 Å². The molecule has 0 aliphatic carbocycles. The fourth-order valence-electron chi connectivity index (χ4n) is 2.93. The quantitative estimate of drug-likeness (QED) is 0.608. The molecule has 3 rings (SSSR count). The van der Waals surface area contributed by atoms with Gasteiger partial charge >= 0.3 is 5.97 Å². The molecule has 0 saturated heterocycles. The van der Waals surface area contributed by atoms with Crippen LogP contribution in [0, 0.1) is 0 Å². The summed E-state index contributed by atoms with van der Waals surface area (Å²) in [5.74, 6) is -2.42. The zero-order valence-electron chi connectivity index (χ0n) is 15.6. The standard InChI is InChI=1S/C19H18ClN3O6S/c20-14-1-3-15(4-2-14)30(28,29)23-7-5-12(6-8-23)13-9-16(24)18(21-10-13)19(27)22-11-17(25)26/h1-5,9-10,24H,6-8,11H2,(H,22,27)(H,25,26). The highest BCUT2D eigenvalue weighted by molar-refractivity contribution is 7.89. The first-order valence-electron chi connectivity index (χ1n) is 8.82. The van der Waals surface area contributed by atoms with Gasteiger partial charge in [0, 0.05) is 24.3 Å². The van der Waals surface area contributed by atoms with Crippen LogP contribution in [0.4, 0.5) is 0 Å². The number of nitrogens with zero attached hydrogens (tertiary/aromatic N) is 2. The summed E-state index contributed by atoms with van der Waals surface area (Å²) in [4.78, 5) is 26.5. The second kappa shape index (κ2) is 8.82. The van der Waals surface area contributed by atoms with E-state index in [1.54, 1.807) is 6.08 Å². The summed E-state index contributed by atoms with van der Waals surface area (Å²) in [6, 6.07) is 7.28. The van der Waals surface area contributed by atoms with E-state index in [0.29, 0.717) is 17.0 Å². The van der Waals surface area contributed by atoms with Crippen molar-refractivity contribution in [1.29, 1.82) is 0 Å². The minimum Gasteiger partial charge on any atom is -0.505 e. The van der Waals surface area contributed by atoms with Crippen LogP contribution >= 0.6 is 11.6 Å². The van der Waals surface area contributed by atoms with Gasteiger partial charge in [0.25, 0.3) is 5.91 Å². The largest absolute Gasteiger partial charge is 0.505 e. The molecule has 0 radical (unpaired) electrons. The van der Waals surface area contributed by atoms with Crippen LogP contribution in [0.15, 0.2) is 47.5 Å². The van der Waals surface area contributed by atoms with Gasteiger partial charge in [-0.15, -0.1) is 0 Å². The number of carbonyl (C=O) groups is 2. The van der Waals surface area contributed by atoms with Crippen LogP contribution in [0.3, 0.4) is 0 Å². The highest BCUT2D eigenvalue weighted by atomic mass is 35.5. The first-order valence-corrected chi connectivity index (χ1v) is 10.6. The van der Waals surface area contributed by atoms with Crippen molar-refractivity contribution in [3.63, 3.8) is 0 Å². The van der Waals surface area contributed by atoms with Crippen LogP contribution < -0.4 is 5.32 Å². The maximum absolute atomic E-state index is 12.7. The molecule has 2 aromatic rings. The molecular formula is C19H18ClN3O6S. The Morgan fingerprint density at radius 2 is 1.93 bits per heavy atom. The lowest BCUT2D eigenvalue weighted by Crippen LogP contribution is -2.34. The Hall–Kier alpha value is -2.95. The molecule has 1 amide bonds. The molecule has 0 fully saturated rings. The molecule has 9 nitrogen and oxygen atoms in total. The topological polar surface area (TPSA) is 137 Å². The van der Waals surface area contributed by atoms with Gasteiger partial charge in [0.15, 0.2) is 5.69 Å². The molecule has 0 bridgehead atoms. The molecule has 158 valence electrons. The third-order valence-corrected chi connectivity index (χ3v) is 6.61. The maximum Gasteiger partial charge on any atom is 0.322 e. The van der Waals surface area contributed by atoms with Gasteiger partial charge in [-0.25, -0.2) is 13.4 Å². The van der Waals surface area contributed by atoms with E-state index in [2.05, 4.69) is 10.3 Å². The monoisotopic (exact) mass is 451 g/mol. The number of hydrogen-bond donors (Lipinski definition) is 3. The fourth-order valence-corrected chi connectivity index (χ4v) is 4.44. The number of sulfonamides is 1. The lowest BCUT2D eigenvalue weighted by molar-refractivity contribution is -0.135. The maximum atomic E-state index is 12.7. The van der Waals surface area contributed by atoms with Crippen molar-refractivity contribution in [1.82, 2.24) is 14.6 Å². The molecule has 1 aliphatic rings. The molecule has 0 saturated carbocycles. The second-order valence-corrected chi connectivity index (χ2v) is 8.84. The minimum absolute atomic E-state index is 0.141. The molecule has 0 spiro atoms. The van der Waals surface area contributed by atoms with Crippen LogP contribution in [-0.4, -0.2) is 59.4 Å². The molecule has 2 heterocycles. The number of carboxylic acids is 1. The Bertz CT molecular complexity index is 1120. The Morgan fingerprint density at radius 1 is 1.23 bits per heavy atom. The van der Waals surface area contributed by atoms with Crippen LogP contribution in [-0.2, 0) is 14.8 Å². The smallest absolute Gasteiger partial charge is 0.322 e. The highest BCUT2D eigenvalue weighted by Crippen LogP contribution is 2.28. The SMILES string of the molecule is O=C(O)CNC(=O)c1ncc(C2=CCN(S(=O)(=O)c3ccc(Cl)cc3)CC2)cc1O. The number of carbonyl (C=O) groups excluding carboxylic acids is 1. The average molecular weight is 452 g/mol. The number of pyridine rings is 1. The average Bonchev–Trinajstić information content (AvgIpc) is 2.72. The summed E-state index contributed by atoms with van der Waals surface area (Å²) >= 11 is 5.81. The summed E-state index contributed by atoms with van der Waals surface area (Å²) < 4.78 is 26.8. The van der Waals surface area contributed by atoms with Crippen molar-refractivity contribution in [3.05, 3.63) is 58.9 Å². The molecule has 11 heteroatoms. The number of halogens is 1. The Kier molecular flexibility index (Phi) is 6.40. The van der Waals surface area contributed by atoms with Gasteiger partial charge in [0.05, 0.1) is 4.90 Å². The van der Waals surface area contributed by atoms with Crippen molar-refractivity contribution in [2.45, 2.75) is 11.3 Å². The number of benzene rings is 1. The molecule has 1 aromatic heterocycles. The summed E-state index contributed by atoms with van der Waals surface area (Å²) in [6.07, 6.45) is 3.49. The highest BCUT2D eigenvalue weighted by Gasteiger charge is 2.26. The number of carboxylic acid groups (broad SMARTS) is 1. The zero-order valence-corrected chi connectivity index (χ0v) is 17.2. The van der Waals surface area contributed by atoms with Gasteiger partial charge in [0.1, 0.15) is 12.3 Å². The van der Waals surface area contributed by atoms with E-state index in [-0.39, 0.29) is 23.7 Å². The predicted molar refractivity (Wildman–Crippen MR) is 109 cm³/mol. The van der Waals surface area contributed by atoms with Crippen molar-refractivity contribution in [3.8, 4) is 5.75 Å². The summed E-state index contributed by atoms with van der Waals surface area (Å²) in [5.41, 5.74) is 1.03. The number of hydrogen-bond acceptors (Lipinski definition) is 6. The van der Waals surface area contributed by atoms with Gasteiger partial charge in [-0.2, -0.15) is 4.31 Å². The number of rotatable bonds is 6. The normalized spacial score (nSPS) is 14.8. The summed E-state index contributed by atoms with van der Waals surface area (Å²) in [6.45, 7) is -0.217. The van der Waals surface area contributed by atoms with E-state index >= 15 is 0 Å². The Morgan fingerprint density at radius 3 is 2.50 bits per heavy atom. The van der Waals surface area contributed by atoms with Crippen LogP contribution in [0.2, 0.25) is 5.02 Å². The first kappa shape index (κ1) is 21.8. The molecule has 3 N–H and O–H groups in total. The number of aromatic hydroxyl groups is 1. The number of aromatic nitrogens is 1. The number of amides is 1. The van der Waals surface area contributed by atoms with Crippen molar-refractivity contribution in [2.75, 3.05) is 19.6 Å². The van der Waals surface area contributed by atoms with Gasteiger partial charge in [-0.05, 0) is 47.9 Å². The molecular weight excluding hydrogens is 434 g/mol. The van der Waals surface area contributed by atoms with Gasteiger partial charge in [-0.1, -0.05) is 17.7 Å².